The summed E-state index contributed by atoms with van der Waals surface area (Å²) in [5, 5.41) is 0. The van der Waals surface area contributed by atoms with E-state index >= 15 is 0 Å². The third-order valence-electron chi connectivity index (χ3n) is 1.56. The van der Waals surface area contributed by atoms with Crippen molar-refractivity contribution in [2.75, 3.05) is 0 Å². The minimum Gasteiger partial charge on any atom is -0.294 e. The van der Waals surface area contributed by atoms with Crippen molar-refractivity contribution in [3.63, 3.8) is 0 Å². The fourth-order valence-corrected chi connectivity index (χ4v) is 0.962. The molecule has 0 unspecified atom stereocenters. The molecule has 0 fully saturated rings. The van der Waals surface area contributed by atoms with Gasteiger partial charge in [0.25, 0.3) is 0 Å². The van der Waals surface area contributed by atoms with Gasteiger partial charge in [-0.2, -0.15) is 0 Å². The van der Waals surface area contributed by atoms with Crippen molar-refractivity contribution in [2.45, 2.75) is 27.2 Å². The van der Waals surface area contributed by atoms with E-state index in [9.17, 15) is 13.3 Å². The van der Waals surface area contributed by atoms with Gasteiger partial charge in [-0.15, -0.1) is 0 Å². The first-order valence-electron chi connectivity index (χ1n) is 4.45. The zero-order chi connectivity index (χ0) is 11.1. The number of hydrogen-bond donors (Lipinski definition) is 0. The van der Waals surface area contributed by atoms with E-state index in [4.69, 9.17) is 0 Å². The Labute approximate surface area is 81.4 Å². The maximum atomic E-state index is 12.8. The molecule has 0 spiro atoms. The Hall–Kier alpha value is -1.19. The molecule has 0 aliphatic rings. The number of halogens is 3. The molecule has 1 nitrogen and oxygen atoms in total. The molecule has 1 aromatic rings. The fourth-order valence-electron chi connectivity index (χ4n) is 0.962. The molecule has 0 aliphatic carbocycles. The normalized spacial score (nSPS) is 9.00. The van der Waals surface area contributed by atoms with Crippen LogP contribution in [0, 0.1) is 11.6 Å². The average molecular weight is 206 g/mol. The number of benzene rings is 1. The minimum absolute atomic E-state index is 0.0594. The van der Waals surface area contributed by atoms with Gasteiger partial charge in [-0.25, -0.2) is 8.78 Å². The molecule has 0 N–H and O–H groups in total. The Bertz CT molecular complexity index is 264. The van der Waals surface area contributed by atoms with Gasteiger partial charge in [0.1, 0.15) is 11.6 Å². The van der Waals surface area contributed by atoms with Crippen LogP contribution in [-0.2, 0) is 6.42 Å². The Balaban J connectivity index is 0.000000791. The third kappa shape index (κ3) is 2.94. The molecular formula is C10H13F3O. The van der Waals surface area contributed by atoms with Gasteiger partial charge >= 0.3 is 0 Å². The van der Waals surface area contributed by atoms with E-state index < -0.39 is 17.4 Å². The van der Waals surface area contributed by atoms with Gasteiger partial charge in [0, 0.05) is 22.2 Å². The van der Waals surface area contributed by atoms with Crippen LogP contribution in [0.1, 0.15) is 26.3 Å². The SMILES string of the molecule is CC.CCc1c(F)cc(OF)cc1F. The summed E-state index contributed by atoms with van der Waals surface area (Å²) >= 11 is 0. The first-order valence-corrected chi connectivity index (χ1v) is 4.45. The van der Waals surface area contributed by atoms with E-state index in [0.717, 1.165) is 12.1 Å². The van der Waals surface area contributed by atoms with Crippen LogP contribution >= 0.6 is 0 Å². The second-order valence-corrected chi connectivity index (χ2v) is 2.30. The van der Waals surface area contributed by atoms with Gasteiger partial charge in [0.2, 0.25) is 0 Å². The molecular weight excluding hydrogens is 193 g/mol. The monoisotopic (exact) mass is 206 g/mol. The molecule has 0 heterocycles. The highest BCUT2D eigenvalue weighted by Gasteiger charge is 2.09. The fraction of sp³-hybridized carbons (Fsp3) is 0.400. The Morgan fingerprint density at radius 3 is 1.86 bits per heavy atom. The summed E-state index contributed by atoms with van der Waals surface area (Å²) in [6.07, 6.45) is 0.226. The first kappa shape index (κ1) is 12.8. The molecule has 0 saturated heterocycles. The van der Waals surface area contributed by atoms with Crippen molar-refractivity contribution in [3.8, 4) is 5.75 Å². The second-order valence-electron chi connectivity index (χ2n) is 2.30. The molecule has 0 bridgehead atoms. The summed E-state index contributed by atoms with van der Waals surface area (Å²) in [5.41, 5.74) is -0.0594. The van der Waals surface area contributed by atoms with Crippen LogP contribution in [0.25, 0.3) is 0 Å². The Kier molecular flexibility index (Phi) is 5.76. The molecule has 80 valence electrons. The highest BCUT2D eigenvalue weighted by atomic mass is 19.3. The van der Waals surface area contributed by atoms with E-state index in [2.05, 4.69) is 4.94 Å². The largest absolute Gasteiger partial charge is 0.294 e. The van der Waals surface area contributed by atoms with Crippen LogP contribution in [-0.4, -0.2) is 0 Å². The second kappa shape index (κ2) is 6.29. The summed E-state index contributed by atoms with van der Waals surface area (Å²) in [7, 11) is 0. The minimum atomic E-state index is -0.787. The van der Waals surface area contributed by atoms with Gasteiger partial charge in [-0.05, 0) is 6.42 Å². The predicted octanol–water partition coefficient (Wildman–Crippen LogP) is 3.82. The molecule has 0 amide bonds. The van der Waals surface area contributed by atoms with Crippen LogP contribution in [0.2, 0.25) is 0 Å². The summed E-state index contributed by atoms with van der Waals surface area (Å²) in [4.78, 5) is 3.20. The average Bonchev–Trinajstić information content (AvgIpc) is 2.20. The predicted molar refractivity (Wildman–Crippen MR) is 48.8 cm³/mol. The molecule has 1 rings (SSSR count). The van der Waals surface area contributed by atoms with E-state index in [1.807, 2.05) is 13.8 Å². The smallest absolute Gasteiger partial charge is 0.177 e. The molecule has 0 aliphatic heterocycles. The van der Waals surface area contributed by atoms with E-state index in [0.29, 0.717) is 0 Å². The Morgan fingerprint density at radius 1 is 1.14 bits per heavy atom. The maximum absolute atomic E-state index is 12.8. The van der Waals surface area contributed by atoms with Crippen LogP contribution in [0.3, 0.4) is 0 Å². The van der Waals surface area contributed by atoms with Crippen LogP contribution in [0.4, 0.5) is 13.3 Å². The number of rotatable bonds is 2. The lowest BCUT2D eigenvalue weighted by Gasteiger charge is -2.02. The van der Waals surface area contributed by atoms with Crippen molar-refractivity contribution in [3.05, 3.63) is 29.3 Å². The third-order valence-corrected chi connectivity index (χ3v) is 1.56. The topological polar surface area (TPSA) is 9.23 Å². The van der Waals surface area contributed by atoms with Crippen LogP contribution in [0.5, 0.6) is 5.75 Å². The maximum Gasteiger partial charge on any atom is 0.177 e. The van der Waals surface area contributed by atoms with Crippen molar-refractivity contribution in [1.29, 1.82) is 0 Å². The quantitative estimate of drug-likeness (QED) is 0.714. The molecule has 0 saturated carbocycles. The molecule has 4 heteroatoms. The summed E-state index contributed by atoms with van der Waals surface area (Å²) < 4.78 is 37.1. The van der Waals surface area contributed by atoms with Gasteiger partial charge < -0.3 is 0 Å². The van der Waals surface area contributed by atoms with E-state index in [1.165, 1.54) is 0 Å². The van der Waals surface area contributed by atoms with Crippen molar-refractivity contribution in [2.24, 2.45) is 0 Å². The van der Waals surface area contributed by atoms with E-state index in [1.54, 1.807) is 6.92 Å². The Morgan fingerprint density at radius 2 is 1.57 bits per heavy atom. The standard InChI is InChI=1S/C8H7F3O.C2H6/c1-2-6-7(9)3-5(12-11)4-8(6)10;1-2/h3-4H,2H2,1H3;1-2H3. The summed E-state index contributed by atoms with van der Waals surface area (Å²) in [5.74, 6) is -2.03. The van der Waals surface area contributed by atoms with Crippen molar-refractivity contribution in [1.82, 2.24) is 0 Å². The van der Waals surface area contributed by atoms with Gasteiger partial charge in [0.05, 0.1) is 0 Å². The first-order chi connectivity index (χ1) is 6.69. The lowest BCUT2D eigenvalue weighted by molar-refractivity contribution is -0.00695. The lowest BCUT2D eigenvalue weighted by atomic mass is 10.1. The molecule has 1 aromatic carbocycles. The highest BCUT2D eigenvalue weighted by Crippen LogP contribution is 2.20. The molecule has 0 atom stereocenters. The van der Waals surface area contributed by atoms with Crippen molar-refractivity contribution >= 4 is 0 Å². The number of hydrogen-bond acceptors (Lipinski definition) is 1. The van der Waals surface area contributed by atoms with Gasteiger partial charge in [-0.3, -0.25) is 4.94 Å². The molecule has 14 heavy (non-hydrogen) atoms. The van der Waals surface area contributed by atoms with Gasteiger partial charge in [0.15, 0.2) is 5.75 Å². The van der Waals surface area contributed by atoms with E-state index in [-0.39, 0.29) is 12.0 Å². The van der Waals surface area contributed by atoms with Crippen LogP contribution in [0.15, 0.2) is 12.1 Å². The molecule has 0 aromatic heterocycles. The van der Waals surface area contributed by atoms with Crippen molar-refractivity contribution < 1.29 is 18.2 Å². The van der Waals surface area contributed by atoms with Crippen LogP contribution < -0.4 is 4.94 Å². The summed E-state index contributed by atoms with van der Waals surface area (Å²) in [6, 6.07) is 1.61. The zero-order valence-electron chi connectivity index (χ0n) is 8.40. The highest BCUT2D eigenvalue weighted by molar-refractivity contribution is 5.30. The zero-order valence-corrected chi connectivity index (χ0v) is 8.40. The lowest BCUT2D eigenvalue weighted by Crippen LogP contribution is -1.94. The summed E-state index contributed by atoms with van der Waals surface area (Å²) in [6.45, 7) is 5.61. The molecule has 0 radical (unpaired) electrons. The van der Waals surface area contributed by atoms with Gasteiger partial charge in [-0.1, -0.05) is 20.8 Å².